The van der Waals surface area contributed by atoms with E-state index in [9.17, 15) is 0 Å². The summed E-state index contributed by atoms with van der Waals surface area (Å²) in [5.74, 6) is 0. The minimum absolute atomic E-state index is 0.176. The Morgan fingerprint density at radius 3 is 1.67 bits per heavy atom. The second kappa shape index (κ2) is 8.27. The van der Waals surface area contributed by atoms with E-state index in [0.29, 0.717) is 12.1 Å². The Hall–Kier alpha value is -0.200. The van der Waals surface area contributed by atoms with E-state index in [1.807, 2.05) is 0 Å². The first-order valence-corrected chi connectivity index (χ1v) is 11.0. The zero-order chi connectivity index (χ0) is 20.5. The van der Waals surface area contributed by atoms with E-state index in [4.69, 9.17) is 5.73 Å². The molecule has 2 heterocycles. The van der Waals surface area contributed by atoms with Crippen molar-refractivity contribution < 1.29 is 0 Å². The minimum Gasteiger partial charge on any atom is -0.329 e. The monoisotopic (exact) mass is 381 g/mol. The Kier molecular flexibility index (Phi) is 7.07. The van der Waals surface area contributed by atoms with Crippen LogP contribution in [0.5, 0.6) is 0 Å². The van der Waals surface area contributed by atoms with Crippen LogP contribution in [-0.4, -0.2) is 65.3 Å². The third kappa shape index (κ3) is 7.28. The molecule has 5 nitrogen and oxygen atoms in total. The van der Waals surface area contributed by atoms with Gasteiger partial charge in [-0.3, -0.25) is 4.90 Å². The Balaban J connectivity index is 1.93. The largest absolute Gasteiger partial charge is 0.329 e. The summed E-state index contributed by atoms with van der Waals surface area (Å²) in [5.41, 5.74) is 6.71. The summed E-state index contributed by atoms with van der Waals surface area (Å²) < 4.78 is 0. The normalized spacial score (nSPS) is 27.8. The van der Waals surface area contributed by atoms with Crippen molar-refractivity contribution in [2.24, 2.45) is 5.73 Å². The molecule has 0 atom stereocenters. The van der Waals surface area contributed by atoms with Gasteiger partial charge in [-0.1, -0.05) is 0 Å². The maximum atomic E-state index is 5.97. The molecule has 0 aromatic rings. The van der Waals surface area contributed by atoms with Gasteiger partial charge in [0.25, 0.3) is 0 Å². The van der Waals surface area contributed by atoms with Gasteiger partial charge < -0.3 is 21.7 Å². The quantitative estimate of drug-likeness (QED) is 0.546. The molecule has 5 heteroatoms. The fraction of sp³-hybridized carbons (Fsp3) is 1.00. The van der Waals surface area contributed by atoms with Gasteiger partial charge in [0.05, 0.1) is 0 Å². The molecule has 0 aromatic carbocycles. The number of nitrogens with two attached hydrogens (primary N) is 1. The van der Waals surface area contributed by atoms with Crippen molar-refractivity contribution >= 4 is 0 Å². The topological polar surface area (TPSA) is 65.3 Å². The highest BCUT2D eigenvalue weighted by molar-refractivity contribution is 5.01. The summed E-state index contributed by atoms with van der Waals surface area (Å²) in [6.45, 7) is 22.5. The smallest absolute Gasteiger partial charge is 0.0145 e. The van der Waals surface area contributed by atoms with Crippen LogP contribution in [0.3, 0.4) is 0 Å². The van der Waals surface area contributed by atoms with Crippen LogP contribution < -0.4 is 21.7 Å². The first-order valence-electron chi connectivity index (χ1n) is 11.0. The molecule has 2 aliphatic rings. The van der Waals surface area contributed by atoms with Gasteiger partial charge in [-0.05, 0) is 81.1 Å². The lowest BCUT2D eigenvalue weighted by Gasteiger charge is -2.50. The lowest BCUT2D eigenvalue weighted by molar-refractivity contribution is 0.0661. The van der Waals surface area contributed by atoms with Gasteiger partial charge in [-0.15, -0.1) is 0 Å². The minimum atomic E-state index is 0.176. The average molecular weight is 382 g/mol. The molecule has 2 fully saturated rings. The van der Waals surface area contributed by atoms with Gasteiger partial charge in [-0.25, -0.2) is 0 Å². The Morgan fingerprint density at radius 1 is 0.778 bits per heavy atom. The molecule has 0 radical (unpaired) electrons. The molecule has 2 saturated heterocycles. The molecule has 0 aliphatic carbocycles. The second-order valence-electron chi connectivity index (χ2n) is 11.7. The molecule has 0 spiro atoms. The van der Waals surface area contributed by atoms with Crippen molar-refractivity contribution in [2.45, 2.75) is 115 Å². The van der Waals surface area contributed by atoms with Crippen LogP contribution in [0.2, 0.25) is 0 Å². The lowest BCUT2D eigenvalue weighted by Crippen LogP contribution is -2.63. The van der Waals surface area contributed by atoms with Gasteiger partial charge >= 0.3 is 0 Å². The zero-order valence-corrected chi connectivity index (χ0v) is 19.3. The Morgan fingerprint density at radius 2 is 1.22 bits per heavy atom. The number of hydrogen-bond acceptors (Lipinski definition) is 5. The lowest BCUT2D eigenvalue weighted by atomic mass is 9.79. The van der Waals surface area contributed by atoms with Crippen LogP contribution in [0.15, 0.2) is 0 Å². The second-order valence-corrected chi connectivity index (χ2v) is 11.7. The molecule has 0 aromatic heterocycles. The molecule has 0 unspecified atom stereocenters. The Bertz CT molecular complexity index is 451. The zero-order valence-electron chi connectivity index (χ0n) is 19.3. The van der Waals surface area contributed by atoms with E-state index in [1.54, 1.807) is 0 Å². The van der Waals surface area contributed by atoms with Crippen molar-refractivity contribution in [1.82, 2.24) is 20.9 Å². The number of rotatable bonds is 7. The maximum absolute atomic E-state index is 5.97. The van der Waals surface area contributed by atoms with E-state index >= 15 is 0 Å². The summed E-state index contributed by atoms with van der Waals surface area (Å²) in [5, 5.41) is 11.4. The molecule has 0 saturated carbocycles. The fourth-order valence-corrected chi connectivity index (χ4v) is 6.05. The van der Waals surface area contributed by atoms with Crippen LogP contribution in [0.25, 0.3) is 0 Å². The van der Waals surface area contributed by atoms with Crippen molar-refractivity contribution in [3.8, 4) is 0 Å². The number of nitrogens with one attached hydrogen (secondary N) is 3. The third-order valence-electron chi connectivity index (χ3n) is 6.12. The molecule has 27 heavy (non-hydrogen) atoms. The Labute approximate surface area is 168 Å². The summed E-state index contributed by atoms with van der Waals surface area (Å²) in [6.07, 6.45) is 4.73. The van der Waals surface area contributed by atoms with Crippen LogP contribution in [-0.2, 0) is 0 Å². The molecule has 0 amide bonds. The van der Waals surface area contributed by atoms with Gasteiger partial charge in [0, 0.05) is 60.4 Å². The molecular weight excluding hydrogens is 334 g/mol. The molecule has 2 aliphatic heterocycles. The summed E-state index contributed by atoms with van der Waals surface area (Å²) >= 11 is 0. The number of nitrogens with zero attached hydrogens (tertiary/aromatic N) is 1. The number of piperidine rings is 2. The predicted octanol–water partition coefficient (Wildman–Crippen LogP) is 2.46. The highest BCUT2D eigenvalue weighted by Crippen LogP contribution is 2.32. The van der Waals surface area contributed by atoms with Crippen molar-refractivity contribution in [3.05, 3.63) is 0 Å². The summed E-state index contributed by atoms with van der Waals surface area (Å²) in [4.78, 5) is 2.63. The molecule has 2 rings (SSSR count). The van der Waals surface area contributed by atoms with Gasteiger partial charge in [0.1, 0.15) is 0 Å². The summed E-state index contributed by atoms with van der Waals surface area (Å²) in [6, 6.07) is 1.18. The molecule has 5 N–H and O–H groups in total. The first-order chi connectivity index (χ1) is 12.2. The average Bonchev–Trinajstić information content (AvgIpc) is 2.39. The van der Waals surface area contributed by atoms with Crippen molar-refractivity contribution in [1.29, 1.82) is 0 Å². The molecular formula is C22H47N5. The highest BCUT2D eigenvalue weighted by atomic mass is 15.2. The van der Waals surface area contributed by atoms with Crippen LogP contribution >= 0.6 is 0 Å². The predicted molar refractivity (Wildman–Crippen MR) is 117 cm³/mol. The summed E-state index contributed by atoms with van der Waals surface area (Å²) in [7, 11) is 0. The SMILES string of the molecule is CC1(C)CC(NCCN(CCN)C2CC(C)(C)NC(C)(C)C2)CC(C)(C)N1. The van der Waals surface area contributed by atoms with Gasteiger partial charge in [-0.2, -0.15) is 0 Å². The van der Waals surface area contributed by atoms with Crippen molar-refractivity contribution in [2.75, 3.05) is 26.2 Å². The number of hydrogen-bond donors (Lipinski definition) is 4. The van der Waals surface area contributed by atoms with Gasteiger partial charge in [0.15, 0.2) is 0 Å². The van der Waals surface area contributed by atoms with Crippen molar-refractivity contribution in [3.63, 3.8) is 0 Å². The van der Waals surface area contributed by atoms with Crippen LogP contribution in [0, 0.1) is 0 Å². The fourth-order valence-electron chi connectivity index (χ4n) is 6.05. The third-order valence-corrected chi connectivity index (χ3v) is 6.12. The van der Waals surface area contributed by atoms with Gasteiger partial charge in [0.2, 0.25) is 0 Å². The standard InChI is InChI=1S/C22H47N5/c1-19(2)13-17(14-20(3,4)25-19)24-10-12-27(11-9-23)18-15-21(5,6)26-22(7,8)16-18/h17-18,24-26H,9-16,23H2,1-8H3. The van der Waals surface area contributed by atoms with E-state index in [1.165, 1.54) is 25.7 Å². The maximum Gasteiger partial charge on any atom is 0.0145 e. The van der Waals surface area contributed by atoms with E-state index in [0.717, 1.165) is 26.2 Å². The molecule has 160 valence electrons. The molecule has 0 bridgehead atoms. The van der Waals surface area contributed by atoms with Crippen LogP contribution in [0.1, 0.15) is 81.1 Å². The van der Waals surface area contributed by atoms with E-state index in [2.05, 4.69) is 76.2 Å². The first kappa shape index (κ1) is 23.1. The highest BCUT2D eigenvalue weighted by Gasteiger charge is 2.40. The van der Waals surface area contributed by atoms with E-state index < -0.39 is 0 Å². The van der Waals surface area contributed by atoms with Crippen LogP contribution in [0.4, 0.5) is 0 Å². The van der Waals surface area contributed by atoms with E-state index in [-0.39, 0.29) is 22.2 Å².